The van der Waals surface area contributed by atoms with Gasteiger partial charge in [0.25, 0.3) is 0 Å². The third-order valence-electron chi connectivity index (χ3n) is 3.39. The summed E-state index contributed by atoms with van der Waals surface area (Å²) >= 11 is 3.43. The first-order valence-electron chi connectivity index (χ1n) is 6.09. The maximum absolute atomic E-state index is 10.6. The molecule has 2 rings (SSSR count). The van der Waals surface area contributed by atoms with Gasteiger partial charge in [0.05, 0.1) is 12.1 Å². The van der Waals surface area contributed by atoms with Crippen molar-refractivity contribution in [1.82, 2.24) is 4.98 Å². The number of hydrogen-bond acceptors (Lipinski definition) is 5. The van der Waals surface area contributed by atoms with Crippen molar-refractivity contribution in [3.05, 3.63) is 11.1 Å². The van der Waals surface area contributed by atoms with Crippen LogP contribution in [0.4, 0.5) is 5.13 Å². The minimum Gasteiger partial charge on any atom is -0.481 e. The van der Waals surface area contributed by atoms with Crippen molar-refractivity contribution in [2.75, 3.05) is 18.1 Å². The molecule has 0 aromatic carbocycles. The molecule has 1 fully saturated rings. The summed E-state index contributed by atoms with van der Waals surface area (Å²) in [6.07, 6.45) is 7.31. The van der Waals surface area contributed by atoms with Crippen LogP contribution < -0.4 is 5.32 Å². The zero-order valence-electron chi connectivity index (χ0n) is 10.4. The molecule has 1 aliphatic rings. The number of hydrogen-bond donors (Lipinski definition) is 2. The first kappa shape index (κ1) is 13.7. The minimum absolute atomic E-state index is 0.00580. The van der Waals surface area contributed by atoms with Crippen LogP contribution in [0, 0.1) is 0 Å². The van der Waals surface area contributed by atoms with Gasteiger partial charge in [-0.25, -0.2) is 4.98 Å². The van der Waals surface area contributed by atoms with Gasteiger partial charge in [-0.05, 0) is 19.1 Å². The van der Waals surface area contributed by atoms with Crippen LogP contribution in [0.2, 0.25) is 0 Å². The Labute approximate surface area is 115 Å². The molecule has 0 unspecified atom stereocenters. The number of aromatic nitrogens is 1. The van der Waals surface area contributed by atoms with Gasteiger partial charge in [-0.2, -0.15) is 11.8 Å². The molecular formula is C12H18N2O2S2. The monoisotopic (exact) mass is 286 g/mol. The predicted octanol–water partition coefficient (Wildman–Crippen LogP) is 2.86. The average molecular weight is 286 g/mol. The van der Waals surface area contributed by atoms with E-state index in [1.807, 2.05) is 17.1 Å². The lowest BCUT2D eigenvalue weighted by atomic mass is 10.1. The highest BCUT2D eigenvalue weighted by molar-refractivity contribution is 8.00. The van der Waals surface area contributed by atoms with Crippen LogP contribution >= 0.6 is 23.1 Å². The van der Waals surface area contributed by atoms with Gasteiger partial charge in [0.2, 0.25) is 0 Å². The topological polar surface area (TPSA) is 62.2 Å². The lowest BCUT2D eigenvalue weighted by molar-refractivity contribution is -0.136. The third kappa shape index (κ3) is 3.38. The Balaban J connectivity index is 1.89. The Kier molecular flexibility index (Phi) is 4.50. The number of carbonyl (C=O) groups is 1. The molecule has 1 aliphatic carbocycles. The molecule has 1 heterocycles. The lowest BCUT2D eigenvalue weighted by Crippen LogP contribution is -2.29. The van der Waals surface area contributed by atoms with Crippen LogP contribution in [0.25, 0.3) is 0 Å². The molecule has 0 spiro atoms. The molecule has 0 amide bonds. The van der Waals surface area contributed by atoms with Gasteiger partial charge in [-0.15, -0.1) is 11.3 Å². The fourth-order valence-corrected chi connectivity index (χ4v) is 3.96. The van der Waals surface area contributed by atoms with E-state index < -0.39 is 5.97 Å². The normalized spacial score (nSPS) is 17.8. The second kappa shape index (κ2) is 5.93. The van der Waals surface area contributed by atoms with Crippen LogP contribution in [-0.2, 0) is 11.2 Å². The largest absolute Gasteiger partial charge is 0.481 e. The molecule has 1 saturated carbocycles. The molecule has 0 atom stereocenters. The number of nitrogens with one attached hydrogen (secondary N) is 1. The SMILES string of the molecule is CSC1(CNc2nc(CC(=O)O)cs2)CCCC1. The summed E-state index contributed by atoms with van der Waals surface area (Å²) in [4.78, 5) is 14.9. The Morgan fingerprint density at radius 1 is 1.61 bits per heavy atom. The first-order chi connectivity index (χ1) is 8.63. The second-order valence-corrected chi connectivity index (χ2v) is 6.79. The smallest absolute Gasteiger partial charge is 0.309 e. The van der Waals surface area contributed by atoms with Crippen LogP contribution in [0.1, 0.15) is 31.4 Å². The molecule has 0 bridgehead atoms. The van der Waals surface area contributed by atoms with Crippen molar-refractivity contribution < 1.29 is 9.90 Å². The number of thioether (sulfide) groups is 1. The summed E-state index contributed by atoms with van der Waals surface area (Å²) in [5.74, 6) is -0.830. The van der Waals surface area contributed by atoms with Gasteiger partial charge in [0, 0.05) is 16.7 Å². The molecule has 4 nitrogen and oxygen atoms in total. The van der Waals surface area contributed by atoms with Crippen molar-refractivity contribution in [2.45, 2.75) is 36.9 Å². The Morgan fingerprint density at radius 3 is 2.94 bits per heavy atom. The van der Waals surface area contributed by atoms with E-state index in [1.54, 1.807) is 0 Å². The van der Waals surface area contributed by atoms with E-state index in [0.29, 0.717) is 10.4 Å². The number of aliphatic carboxylic acids is 1. The quantitative estimate of drug-likeness (QED) is 0.842. The fraction of sp³-hybridized carbons (Fsp3) is 0.667. The number of rotatable bonds is 6. The van der Waals surface area contributed by atoms with E-state index in [-0.39, 0.29) is 6.42 Å². The minimum atomic E-state index is -0.830. The standard InChI is InChI=1S/C12H18N2O2S2/c1-17-12(4-2-3-5-12)8-13-11-14-9(7-18-11)6-10(15)16/h7H,2-6,8H2,1H3,(H,13,14)(H,15,16). The maximum atomic E-state index is 10.6. The summed E-state index contributed by atoms with van der Waals surface area (Å²) < 4.78 is 0.346. The van der Waals surface area contributed by atoms with E-state index in [2.05, 4.69) is 16.6 Å². The summed E-state index contributed by atoms with van der Waals surface area (Å²) in [6.45, 7) is 0.925. The van der Waals surface area contributed by atoms with Crippen LogP contribution in [-0.4, -0.2) is 33.6 Å². The van der Waals surface area contributed by atoms with Gasteiger partial charge < -0.3 is 10.4 Å². The number of nitrogens with zero attached hydrogens (tertiary/aromatic N) is 1. The van der Waals surface area contributed by atoms with E-state index in [1.165, 1.54) is 37.0 Å². The molecular weight excluding hydrogens is 268 g/mol. The molecule has 18 heavy (non-hydrogen) atoms. The van der Waals surface area contributed by atoms with Gasteiger partial charge in [0.15, 0.2) is 5.13 Å². The zero-order valence-corrected chi connectivity index (χ0v) is 12.1. The highest BCUT2D eigenvalue weighted by Gasteiger charge is 2.32. The van der Waals surface area contributed by atoms with Crippen molar-refractivity contribution in [3.63, 3.8) is 0 Å². The second-order valence-electron chi connectivity index (χ2n) is 4.66. The maximum Gasteiger partial charge on any atom is 0.309 e. The first-order valence-corrected chi connectivity index (χ1v) is 8.19. The molecule has 100 valence electrons. The highest BCUT2D eigenvalue weighted by atomic mass is 32.2. The van der Waals surface area contributed by atoms with Gasteiger partial charge in [-0.1, -0.05) is 12.8 Å². The molecule has 1 aromatic rings. The fourth-order valence-electron chi connectivity index (χ4n) is 2.33. The predicted molar refractivity (Wildman–Crippen MR) is 76.7 cm³/mol. The molecule has 1 aromatic heterocycles. The highest BCUT2D eigenvalue weighted by Crippen LogP contribution is 2.40. The van der Waals surface area contributed by atoms with E-state index in [4.69, 9.17) is 5.11 Å². The van der Waals surface area contributed by atoms with Crippen LogP contribution in [0.3, 0.4) is 0 Å². The molecule has 2 N–H and O–H groups in total. The van der Waals surface area contributed by atoms with Crippen molar-refractivity contribution >= 4 is 34.2 Å². The number of anilines is 1. The van der Waals surface area contributed by atoms with E-state index >= 15 is 0 Å². The number of carboxylic acid groups (broad SMARTS) is 1. The van der Waals surface area contributed by atoms with Gasteiger partial charge in [-0.3, -0.25) is 4.79 Å². The van der Waals surface area contributed by atoms with Crippen LogP contribution in [0.5, 0.6) is 0 Å². The molecule has 0 aliphatic heterocycles. The van der Waals surface area contributed by atoms with Crippen molar-refractivity contribution in [1.29, 1.82) is 0 Å². The Bertz CT molecular complexity index is 414. The number of thiazole rings is 1. The molecule has 0 radical (unpaired) electrons. The average Bonchev–Trinajstić information content (AvgIpc) is 2.95. The van der Waals surface area contributed by atoms with Gasteiger partial charge >= 0.3 is 5.97 Å². The van der Waals surface area contributed by atoms with Gasteiger partial charge in [0.1, 0.15) is 0 Å². The lowest BCUT2D eigenvalue weighted by Gasteiger charge is -2.26. The Morgan fingerprint density at radius 2 is 2.33 bits per heavy atom. The van der Waals surface area contributed by atoms with Crippen LogP contribution in [0.15, 0.2) is 5.38 Å². The summed E-state index contributed by atoms with van der Waals surface area (Å²) in [5.41, 5.74) is 0.639. The van der Waals surface area contributed by atoms with Crippen molar-refractivity contribution in [2.24, 2.45) is 0 Å². The Hall–Kier alpha value is -0.750. The summed E-state index contributed by atoms with van der Waals surface area (Å²) in [5, 5.41) is 14.7. The summed E-state index contributed by atoms with van der Waals surface area (Å²) in [7, 11) is 0. The molecule has 6 heteroatoms. The van der Waals surface area contributed by atoms with E-state index in [9.17, 15) is 4.79 Å². The number of carboxylic acids is 1. The van der Waals surface area contributed by atoms with Crippen molar-refractivity contribution in [3.8, 4) is 0 Å². The van der Waals surface area contributed by atoms with E-state index in [0.717, 1.165) is 11.7 Å². The zero-order chi connectivity index (χ0) is 13.0. The summed E-state index contributed by atoms with van der Waals surface area (Å²) in [6, 6.07) is 0. The molecule has 0 saturated heterocycles. The third-order valence-corrected chi connectivity index (χ3v) is 5.66.